The van der Waals surface area contributed by atoms with E-state index in [0.29, 0.717) is 0 Å². The minimum absolute atomic E-state index is 0.0487. The first-order chi connectivity index (χ1) is 9.08. The van der Waals surface area contributed by atoms with Crippen LogP contribution in [-0.4, -0.2) is 23.5 Å². The summed E-state index contributed by atoms with van der Waals surface area (Å²) in [4.78, 5) is 7.26. The van der Waals surface area contributed by atoms with Crippen LogP contribution in [0.2, 0.25) is 0 Å². The summed E-state index contributed by atoms with van der Waals surface area (Å²) >= 11 is 0. The minimum atomic E-state index is 0.0487. The van der Waals surface area contributed by atoms with Crippen LogP contribution in [0, 0.1) is 6.92 Å². The SMILES string of the molecule is Cc1cccc2c(C(C)N)c3c(nc12)CCN(C)C3. The number of para-hydroxylation sites is 1. The molecule has 1 aromatic carbocycles. The molecule has 1 aromatic heterocycles. The Bertz CT molecular complexity index is 631. The molecule has 1 atom stereocenters. The molecule has 3 rings (SSSR count). The van der Waals surface area contributed by atoms with Crippen molar-refractivity contribution in [1.29, 1.82) is 0 Å². The van der Waals surface area contributed by atoms with Gasteiger partial charge >= 0.3 is 0 Å². The molecule has 0 spiro atoms. The zero-order valence-corrected chi connectivity index (χ0v) is 11.9. The molecule has 3 heteroatoms. The highest BCUT2D eigenvalue weighted by atomic mass is 15.1. The zero-order chi connectivity index (χ0) is 13.6. The minimum Gasteiger partial charge on any atom is -0.324 e. The van der Waals surface area contributed by atoms with E-state index in [1.807, 2.05) is 0 Å². The maximum Gasteiger partial charge on any atom is 0.0738 e. The highest BCUT2D eigenvalue weighted by Gasteiger charge is 2.22. The average molecular weight is 255 g/mol. The third-order valence-electron chi connectivity index (χ3n) is 4.06. The van der Waals surface area contributed by atoms with E-state index in [2.05, 4.69) is 44.0 Å². The summed E-state index contributed by atoms with van der Waals surface area (Å²) in [6.07, 6.45) is 1.02. The number of likely N-dealkylation sites (N-methyl/N-ethyl adjacent to an activating group) is 1. The van der Waals surface area contributed by atoms with Gasteiger partial charge in [0.05, 0.1) is 5.52 Å². The van der Waals surface area contributed by atoms with Crippen LogP contribution in [0.3, 0.4) is 0 Å². The summed E-state index contributed by atoms with van der Waals surface area (Å²) in [5, 5.41) is 1.23. The van der Waals surface area contributed by atoms with Crippen LogP contribution in [0.4, 0.5) is 0 Å². The van der Waals surface area contributed by atoms with E-state index in [1.54, 1.807) is 0 Å². The molecule has 0 amide bonds. The van der Waals surface area contributed by atoms with Crippen molar-refractivity contribution >= 4 is 10.9 Å². The molecule has 0 aliphatic carbocycles. The summed E-state index contributed by atoms with van der Waals surface area (Å²) in [6, 6.07) is 6.43. The van der Waals surface area contributed by atoms with Gasteiger partial charge in [-0.05, 0) is 37.6 Å². The van der Waals surface area contributed by atoms with Crippen LogP contribution in [-0.2, 0) is 13.0 Å². The number of fused-ring (bicyclic) bond motifs is 2. The Kier molecular flexibility index (Phi) is 3.03. The van der Waals surface area contributed by atoms with Gasteiger partial charge in [0.15, 0.2) is 0 Å². The van der Waals surface area contributed by atoms with Gasteiger partial charge in [-0.2, -0.15) is 0 Å². The molecule has 0 saturated carbocycles. The average Bonchev–Trinajstić information content (AvgIpc) is 2.36. The fraction of sp³-hybridized carbons (Fsp3) is 0.438. The van der Waals surface area contributed by atoms with Crippen LogP contribution < -0.4 is 5.73 Å². The molecule has 0 saturated heterocycles. The molecule has 3 nitrogen and oxygen atoms in total. The molecular formula is C16H21N3. The van der Waals surface area contributed by atoms with Crippen LogP contribution in [0.15, 0.2) is 18.2 Å². The second-order valence-electron chi connectivity index (χ2n) is 5.70. The lowest BCUT2D eigenvalue weighted by Gasteiger charge is -2.28. The summed E-state index contributed by atoms with van der Waals surface area (Å²) < 4.78 is 0. The van der Waals surface area contributed by atoms with Gasteiger partial charge in [0.25, 0.3) is 0 Å². The van der Waals surface area contributed by atoms with Crippen LogP contribution in [0.25, 0.3) is 10.9 Å². The summed E-state index contributed by atoms with van der Waals surface area (Å²) in [6.45, 7) is 6.24. The van der Waals surface area contributed by atoms with Crippen molar-refractivity contribution in [1.82, 2.24) is 9.88 Å². The Morgan fingerprint density at radius 3 is 2.89 bits per heavy atom. The molecule has 19 heavy (non-hydrogen) atoms. The van der Waals surface area contributed by atoms with Gasteiger partial charge in [-0.3, -0.25) is 4.98 Å². The van der Waals surface area contributed by atoms with E-state index in [1.165, 1.54) is 27.8 Å². The lowest BCUT2D eigenvalue weighted by atomic mass is 9.91. The van der Waals surface area contributed by atoms with E-state index in [0.717, 1.165) is 25.0 Å². The first kappa shape index (κ1) is 12.6. The van der Waals surface area contributed by atoms with Gasteiger partial charge in [0.2, 0.25) is 0 Å². The normalized spacial score (nSPS) is 17.5. The molecule has 1 unspecified atom stereocenters. The third kappa shape index (κ3) is 2.03. The molecule has 0 fully saturated rings. The summed E-state index contributed by atoms with van der Waals surface area (Å²) in [5.74, 6) is 0. The van der Waals surface area contributed by atoms with Crippen molar-refractivity contribution < 1.29 is 0 Å². The van der Waals surface area contributed by atoms with E-state index >= 15 is 0 Å². The zero-order valence-electron chi connectivity index (χ0n) is 11.9. The van der Waals surface area contributed by atoms with Gasteiger partial charge in [-0.25, -0.2) is 0 Å². The third-order valence-corrected chi connectivity index (χ3v) is 4.06. The standard InChI is InChI=1S/C16H21N3/c1-10-5-4-6-12-15(11(2)17)13-9-19(3)8-7-14(13)18-16(10)12/h4-6,11H,7-9,17H2,1-3H3. The number of aromatic nitrogens is 1. The smallest absolute Gasteiger partial charge is 0.0738 e. The quantitative estimate of drug-likeness (QED) is 0.851. The second kappa shape index (κ2) is 4.58. The lowest BCUT2D eigenvalue weighted by Crippen LogP contribution is -2.29. The molecular weight excluding hydrogens is 234 g/mol. The largest absolute Gasteiger partial charge is 0.324 e. The second-order valence-corrected chi connectivity index (χ2v) is 5.70. The van der Waals surface area contributed by atoms with Crippen LogP contribution in [0.5, 0.6) is 0 Å². The fourth-order valence-corrected chi connectivity index (χ4v) is 3.09. The monoisotopic (exact) mass is 255 g/mol. The highest BCUT2D eigenvalue weighted by molar-refractivity contribution is 5.86. The van der Waals surface area contributed by atoms with Gasteiger partial charge < -0.3 is 10.6 Å². The topological polar surface area (TPSA) is 42.1 Å². The van der Waals surface area contributed by atoms with E-state index in [4.69, 9.17) is 10.7 Å². The van der Waals surface area contributed by atoms with Crippen LogP contribution >= 0.6 is 0 Å². The molecule has 1 aliphatic heterocycles. The number of nitrogens with zero attached hydrogens (tertiary/aromatic N) is 2. The maximum absolute atomic E-state index is 6.25. The van der Waals surface area contributed by atoms with E-state index in [-0.39, 0.29) is 6.04 Å². The van der Waals surface area contributed by atoms with Crippen LogP contribution in [0.1, 0.15) is 35.3 Å². The van der Waals surface area contributed by atoms with Crippen molar-refractivity contribution in [2.45, 2.75) is 32.9 Å². The Morgan fingerprint density at radius 1 is 1.37 bits per heavy atom. The molecule has 0 bridgehead atoms. The Labute approximate surface area is 114 Å². The predicted octanol–water partition coefficient (Wildman–Crippen LogP) is 2.55. The van der Waals surface area contributed by atoms with Gasteiger partial charge in [0, 0.05) is 36.6 Å². The van der Waals surface area contributed by atoms with Crippen molar-refractivity contribution in [2.75, 3.05) is 13.6 Å². The van der Waals surface area contributed by atoms with Crippen molar-refractivity contribution in [2.24, 2.45) is 5.73 Å². The maximum atomic E-state index is 6.25. The Balaban J connectivity index is 2.37. The molecule has 2 N–H and O–H groups in total. The fourth-order valence-electron chi connectivity index (χ4n) is 3.09. The number of hydrogen-bond acceptors (Lipinski definition) is 3. The number of aryl methyl sites for hydroxylation is 1. The number of rotatable bonds is 1. The summed E-state index contributed by atoms with van der Waals surface area (Å²) in [7, 11) is 2.16. The highest BCUT2D eigenvalue weighted by Crippen LogP contribution is 2.32. The number of pyridine rings is 1. The Morgan fingerprint density at radius 2 is 2.16 bits per heavy atom. The van der Waals surface area contributed by atoms with Crippen molar-refractivity contribution in [3.63, 3.8) is 0 Å². The molecule has 0 radical (unpaired) electrons. The lowest BCUT2D eigenvalue weighted by molar-refractivity contribution is 0.308. The van der Waals surface area contributed by atoms with Gasteiger partial charge in [-0.1, -0.05) is 18.2 Å². The first-order valence-electron chi connectivity index (χ1n) is 6.93. The predicted molar refractivity (Wildman–Crippen MR) is 79.1 cm³/mol. The van der Waals surface area contributed by atoms with Crippen molar-refractivity contribution in [3.05, 3.63) is 40.6 Å². The van der Waals surface area contributed by atoms with E-state index in [9.17, 15) is 0 Å². The number of benzene rings is 1. The van der Waals surface area contributed by atoms with Gasteiger partial charge in [0.1, 0.15) is 0 Å². The number of nitrogens with two attached hydrogens (primary N) is 1. The molecule has 100 valence electrons. The molecule has 2 heterocycles. The number of hydrogen-bond donors (Lipinski definition) is 1. The van der Waals surface area contributed by atoms with E-state index < -0.39 is 0 Å². The molecule has 2 aromatic rings. The Hall–Kier alpha value is -1.45. The van der Waals surface area contributed by atoms with Crippen molar-refractivity contribution in [3.8, 4) is 0 Å². The first-order valence-corrected chi connectivity index (χ1v) is 6.93. The van der Waals surface area contributed by atoms with Gasteiger partial charge in [-0.15, -0.1) is 0 Å². The molecule has 1 aliphatic rings. The summed E-state index contributed by atoms with van der Waals surface area (Å²) in [5.41, 5.74) is 12.5.